The van der Waals surface area contributed by atoms with E-state index in [1.165, 1.54) is 6.42 Å². The molecular weight excluding hydrogens is 270 g/mol. The summed E-state index contributed by atoms with van der Waals surface area (Å²) >= 11 is 0. The van der Waals surface area contributed by atoms with Gasteiger partial charge in [-0.3, -0.25) is 9.20 Å². The standard InChI is InChI=1S/C15H23N3OS/c1-12-10-14(12)18-15(16-2)17-8-9-20(19)11-13-6-4-3-5-7-13/h3-7,12,14H,8-11H2,1-2H3,(H2,16,17,18). The van der Waals surface area contributed by atoms with Gasteiger partial charge in [0.2, 0.25) is 0 Å². The highest BCUT2D eigenvalue weighted by Gasteiger charge is 2.33. The summed E-state index contributed by atoms with van der Waals surface area (Å²) in [6.45, 7) is 2.90. The fourth-order valence-corrected chi connectivity index (χ4v) is 3.05. The fraction of sp³-hybridized carbons (Fsp3) is 0.533. The third kappa shape index (κ3) is 4.96. The molecule has 20 heavy (non-hydrogen) atoms. The average Bonchev–Trinajstić information content (AvgIpc) is 3.14. The number of hydrogen-bond acceptors (Lipinski definition) is 2. The van der Waals surface area contributed by atoms with Crippen LogP contribution < -0.4 is 10.6 Å². The topological polar surface area (TPSA) is 53.5 Å². The van der Waals surface area contributed by atoms with E-state index in [9.17, 15) is 4.21 Å². The first-order valence-corrected chi connectivity index (χ1v) is 8.54. The van der Waals surface area contributed by atoms with Gasteiger partial charge in [-0.05, 0) is 17.9 Å². The van der Waals surface area contributed by atoms with Crippen molar-refractivity contribution in [2.45, 2.75) is 25.1 Å². The smallest absolute Gasteiger partial charge is 0.191 e. The Balaban J connectivity index is 1.65. The molecule has 3 unspecified atom stereocenters. The van der Waals surface area contributed by atoms with E-state index in [1.54, 1.807) is 7.05 Å². The largest absolute Gasteiger partial charge is 0.355 e. The van der Waals surface area contributed by atoms with Crippen LogP contribution in [0.2, 0.25) is 0 Å². The van der Waals surface area contributed by atoms with Crippen LogP contribution in [-0.4, -0.2) is 35.6 Å². The van der Waals surface area contributed by atoms with Crippen molar-refractivity contribution in [3.8, 4) is 0 Å². The average molecular weight is 293 g/mol. The van der Waals surface area contributed by atoms with Gasteiger partial charge in [0.15, 0.2) is 5.96 Å². The van der Waals surface area contributed by atoms with Crippen LogP contribution in [0.4, 0.5) is 0 Å². The van der Waals surface area contributed by atoms with E-state index in [2.05, 4.69) is 22.5 Å². The Labute approximate surface area is 123 Å². The number of rotatable bonds is 6. The second-order valence-electron chi connectivity index (χ2n) is 5.24. The second-order valence-corrected chi connectivity index (χ2v) is 6.81. The Bertz CT molecular complexity index is 475. The van der Waals surface area contributed by atoms with Gasteiger partial charge in [-0.15, -0.1) is 0 Å². The molecule has 1 aliphatic rings. The monoisotopic (exact) mass is 293 g/mol. The summed E-state index contributed by atoms with van der Waals surface area (Å²) in [6.07, 6.45) is 1.21. The molecule has 1 aliphatic carbocycles. The van der Waals surface area contributed by atoms with Crippen LogP contribution in [0.3, 0.4) is 0 Å². The molecule has 1 aromatic rings. The minimum Gasteiger partial charge on any atom is -0.355 e. The third-order valence-electron chi connectivity index (χ3n) is 3.45. The normalized spacial score (nSPS) is 23.2. The summed E-state index contributed by atoms with van der Waals surface area (Å²) in [4.78, 5) is 4.18. The number of nitrogens with one attached hydrogen (secondary N) is 2. The molecule has 110 valence electrons. The van der Waals surface area contributed by atoms with E-state index in [0.717, 1.165) is 17.4 Å². The summed E-state index contributed by atoms with van der Waals surface area (Å²) in [5, 5.41) is 6.58. The van der Waals surface area contributed by atoms with Crippen molar-refractivity contribution in [1.82, 2.24) is 10.6 Å². The van der Waals surface area contributed by atoms with Gasteiger partial charge in [0.25, 0.3) is 0 Å². The number of hydrogen-bond donors (Lipinski definition) is 2. The fourth-order valence-electron chi connectivity index (χ4n) is 2.01. The predicted octanol–water partition coefficient (Wildman–Crippen LogP) is 1.51. The summed E-state index contributed by atoms with van der Waals surface area (Å²) < 4.78 is 12.0. The molecule has 0 amide bonds. The third-order valence-corrected chi connectivity index (χ3v) is 4.76. The Morgan fingerprint density at radius 2 is 2.10 bits per heavy atom. The van der Waals surface area contributed by atoms with Crippen LogP contribution in [0, 0.1) is 5.92 Å². The van der Waals surface area contributed by atoms with Gasteiger partial charge in [0, 0.05) is 41.9 Å². The molecule has 0 radical (unpaired) electrons. The summed E-state index contributed by atoms with van der Waals surface area (Å²) in [6, 6.07) is 10.5. The highest BCUT2D eigenvalue weighted by Crippen LogP contribution is 2.28. The number of nitrogens with zero attached hydrogens (tertiary/aromatic N) is 1. The first kappa shape index (κ1) is 15.0. The van der Waals surface area contributed by atoms with E-state index < -0.39 is 10.8 Å². The van der Waals surface area contributed by atoms with Gasteiger partial charge in [-0.1, -0.05) is 37.3 Å². The van der Waals surface area contributed by atoms with Crippen molar-refractivity contribution in [2.75, 3.05) is 19.3 Å². The van der Waals surface area contributed by atoms with Crippen molar-refractivity contribution < 1.29 is 4.21 Å². The Kier molecular flexibility index (Phi) is 5.59. The van der Waals surface area contributed by atoms with E-state index in [1.807, 2.05) is 30.3 Å². The molecule has 0 aromatic heterocycles. The zero-order chi connectivity index (χ0) is 14.4. The van der Waals surface area contributed by atoms with Gasteiger partial charge < -0.3 is 10.6 Å². The lowest BCUT2D eigenvalue weighted by Crippen LogP contribution is -2.40. The van der Waals surface area contributed by atoms with Gasteiger partial charge in [0.05, 0.1) is 0 Å². The molecule has 0 heterocycles. The molecule has 0 aliphatic heterocycles. The van der Waals surface area contributed by atoms with Crippen molar-refractivity contribution in [3.63, 3.8) is 0 Å². The minimum absolute atomic E-state index is 0.552. The lowest BCUT2D eigenvalue weighted by molar-refractivity contribution is 0.680. The first-order chi connectivity index (χ1) is 9.69. The lowest BCUT2D eigenvalue weighted by Gasteiger charge is -2.11. The molecule has 1 fully saturated rings. The molecule has 1 saturated carbocycles. The molecule has 2 rings (SSSR count). The Morgan fingerprint density at radius 1 is 1.40 bits per heavy atom. The van der Waals surface area contributed by atoms with E-state index in [0.29, 0.717) is 24.1 Å². The summed E-state index contributed by atoms with van der Waals surface area (Å²) in [7, 11) is 0.928. The Hall–Kier alpha value is -1.36. The van der Waals surface area contributed by atoms with Crippen LogP contribution in [0.1, 0.15) is 18.9 Å². The van der Waals surface area contributed by atoms with Gasteiger partial charge in [-0.2, -0.15) is 0 Å². The SMILES string of the molecule is CN=C(NCCS(=O)Cc1ccccc1)NC1CC1C. The zero-order valence-corrected chi connectivity index (χ0v) is 13.0. The van der Waals surface area contributed by atoms with Gasteiger partial charge >= 0.3 is 0 Å². The van der Waals surface area contributed by atoms with Crippen LogP contribution in [0.5, 0.6) is 0 Å². The van der Waals surface area contributed by atoms with E-state index in [4.69, 9.17) is 0 Å². The quantitative estimate of drug-likeness (QED) is 0.617. The highest BCUT2D eigenvalue weighted by atomic mass is 32.2. The minimum atomic E-state index is -0.839. The molecule has 1 aromatic carbocycles. The molecule has 4 nitrogen and oxygen atoms in total. The molecular formula is C15H23N3OS. The van der Waals surface area contributed by atoms with Crippen LogP contribution in [0.15, 0.2) is 35.3 Å². The van der Waals surface area contributed by atoms with Crippen molar-refractivity contribution >= 4 is 16.8 Å². The molecule has 2 N–H and O–H groups in total. The maximum absolute atomic E-state index is 12.0. The maximum Gasteiger partial charge on any atom is 0.191 e. The van der Waals surface area contributed by atoms with Crippen molar-refractivity contribution in [3.05, 3.63) is 35.9 Å². The van der Waals surface area contributed by atoms with E-state index >= 15 is 0 Å². The molecule has 3 atom stereocenters. The van der Waals surface area contributed by atoms with E-state index in [-0.39, 0.29) is 0 Å². The van der Waals surface area contributed by atoms with Crippen molar-refractivity contribution in [2.24, 2.45) is 10.9 Å². The number of guanidine groups is 1. The highest BCUT2D eigenvalue weighted by molar-refractivity contribution is 7.84. The first-order valence-electron chi connectivity index (χ1n) is 7.05. The lowest BCUT2D eigenvalue weighted by atomic mass is 10.2. The summed E-state index contributed by atoms with van der Waals surface area (Å²) in [5.74, 6) is 2.81. The van der Waals surface area contributed by atoms with Crippen LogP contribution >= 0.6 is 0 Å². The predicted molar refractivity (Wildman–Crippen MR) is 85.2 cm³/mol. The molecule has 5 heteroatoms. The van der Waals surface area contributed by atoms with Crippen LogP contribution in [0.25, 0.3) is 0 Å². The Morgan fingerprint density at radius 3 is 2.70 bits per heavy atom. The summed E-state index contributed by atoms with van der Waals surface area (Å²) in [5.41, 5.74) is 1.13. The number of aliphatic imine (C=N–C) groups is 1. The van der Waals surface area contributed by atoms with Gasteiger partial charge in [-0.25, -0.2) is 0 Å². The van der Waals surface area contributed by atoms with Crippen molar-refractivity contribution in [1.29, 1.82) is 0 Å². The number of benzene rings is 1. The zero-order valence-electron chi connectivity index (χ0n) is 12.1. The maximum atomic E-state index is 12.0. The van der Waals surface area contributed by atoms with Gasteiger partial charge in [0.1, 0.15) is 0 Å². The second kappa shape index (κ2) is 7.43. The molecule has 0 bridgehead atoms. The van der Waals surface area contributed by atoms with Crippen LogP contribution in [-0.2, 0) is 16.6 Å². The molecule has 0 saturated heterocycles. The molecule has 0 spiro atoms.